The van der Waals surface area contributed by atoms with Gasteiger partial charge in [-0.2, -0.15) is 9.97 Å². The summed E-state index contributed by atoms with van der Waals surface area (Å²) in [6.07, 6.45) is -3.39. The molecule has 3 atom stereocenters. The standard InChI is InChI=1S/C11H17FN6O3/c1-14-9-6-10(17-11(13)16-9)18(4-15-6)8(12)7(20)5(3-19)21-2/h4-5,7-8,19-20H,3H2,1-2H3,(H3,13,14,16,17)/t5-,7-,8+/m1/s1. The van der Waals surface area contributed by atoms with Gasteiger partial charge in [0.05, 0.1) is 12.9 Å². The number of ether oxygens (including phenoxy) is 1. The number of fused-ring (bicyclic) bond motifs is 1. The Bertz CT molecular complexity index is 617. The lowest BCUT2D eigenvalue weighted by molar-refractivity contribution is -0.0891. The number of imidazole rings is 1. The van der Waals surface area contributed by atoms with E-state index in [4.69, 9.17) is 15.6 Å². The normalized spacial score (nSPS) is 15.9. The average Bonchev–Trinajstić information content (AvgIpc) is 2.90. The monoisotopic (exact) mass is 300 g/mol. The summed E-state index contributed by atoms with van der Waals surface area (Å²) < 4.78 is 20.3. The van der Waals surface area contributed by atoms with E-state index < -0.39 is 25.1 Å². The molecule has 2 aromatic rings. The summed E-state index contributed by atoms with van der Waals surface area (Å²) in [6, 6.07) is 0. The van der Waals surface area contributed by atoms with E-state index in [2.05, 4.69) is 20.3 Å². The zero-order chi connectivity index (χ0) is 15.6. The summed E-state index contributed by atoms with van der Waals surface area (Å²) >= 11 is 0. The second kappa shape index (κ2) is 6.16. The Balaban J connectivity index is 2.44. The second-order valence-corrected chi connectivity index (χ2v) is 4.32. The molecule has 0 spiro atoms. The molecule has 0 fully saturated rings. The maximum Gasteiger partial charge on any atom is 0.224 e. The third-order valence-corrected chi connectivity index (χ3v) is 3.09. The van der Waals surface area contributed by atoms with Crippen LogP contribution < -0.4 is 11.1 Å². The molecular weight excluding hydrogens is 283 g/mol. The second-order valence-electron chi connectivity index (χ2n) is 4.32. The van der Waals surface area contributed by atoms with Crippen LogP contribution in [0.1, 0.15) is 6.30 Å². The molecule has 10 heteroatoms. The summed E-state index contributed by atoms with van der Waals surface area (Å²) in [6.45, 7) is -0.524. The number of aliphatic hydroxyl groups excluding tert-OH is 2. The predicted octanol–water partition coefficient (Wildman–Crippen LogP) is -0.714. The summed E-state index contributed by atoms with van der Waals surface area (Å²) in [4.78, 5) is 11.9. The van der Waals surface area contributed by atoms with Gasteiger partial charge in [-0.25, -0.2) is 9.37 Å². The molecule has 0 bridgehead atoms. The van der Waals surface area contributed by atoms with E-state index in [0.29, 0.717) is 11.3 Å². The highest BCUT2D eigenvalue weighted by molar-refractivity contribution is 5.84. The van der Waals surface area contributed by atoms with E-state index in [1.54, 1.807) is 7.05 Å². The molecule has 0 saturated heterocycles. The first-order chi connectivity index (χ1) is 10.0. The van der Waals surface area contributed by atoms with Gasteiger partial charge < -0.3 is 26.0 Å². The highest BCUT2D eigenvalue weighted by Gasteiger charge is 2.30. The van der Waals surface area contributed by atoms with Crippen molar-refractivity contribution in [2.45, 2.75) is 18.5 Å². The maximum atomic E-state index is 14.4. The summed E-state index contributed by atoms with van der Waals surface area (Å²) in [5.41, 5.74) is 6.01. The topological polar surface area (TPSA) is 131 Å². The minimum atomic E-state index is -1.91. The molecule has 0 aliphatic rings. The van der Waals surface area contributed by atoms with Crippen molar-refractivity contribution in [1.29, 1.82) is 0 Å². The van der Waals surface area contributed by atoms with Crippen LogP contribution >= 0.6 is 0 Å². The minimum Gasteiger partial charge on any atom is -0.394 e. The maximum absolute atomic E-state index is 14.4. The molecule has 21 heavy (non-hydrogen) atoms. The van der Waals surface area contributed by atoms with Crippen LogP contribution in [0, 0.1) is 0 Å². The van der Waals surface area contributed by atoms with E-state index in [-0.39, 0.29) is 11.6 Å². The minimum absolute atomic E-state index is 0.0549. The number of aromatic nitrogens is 4. The van der Waals surface area contributed by atoms with Crippen molar-refractivity contribution < 1.29 is 19.3 Å². The van der Waals surface area contributed by atoms with Crippen LogP contribution in [0.4, 0.5) is 16.2 Å². The van der Waals surface area contributed by atoms with Gasteiger partial charge in [0.15, 0.2) is 17.0 Å². The van der Waals surface area contributed by atoms with Crippen LogP contribution in [0.25, 0.3) is 11.2 Å². The highest BCUT2D eigenvalue weighted by atomic mass is 19.1. The lowest BCUT2D eigenvalue weighted by Gasteiger charge is -2.23. The first-order valence-electron chi connectivity index (χ1n) is 6.17. The number of hydrogen-bond donors (Lipinski definition) is 4. The molecule has 0 amide bonds. The van der Waals surface area contributed by atoms with Crippen molar-refractivity contribution in [1.82, 2.24) is 19.5 Å². The number of hydrogen-bond acceptors (Lipinski definition) is 8. The van der Waals surface area contributed by atoms with Gasteiger partial charge in [0.1, 0.15) is 12.2 Å². The van der Waals surface area contributed by atoms with Gasteiger partial charge in [0, 0.05) is 14.2 Å². The first-order valence-corrected chi connectivity index (χ1v) is 6.17. The van der Waals surface area contributed by atoms with Gasteiger partial charge in [-0.05, 0) is 0 Å². The molecule has 5 N–H and O–H groups in total. The van der Waals surface area contributed by atoms with Gasteiger partial charge in [0.2, 0.25) is 12.2 Å². The van der Waals surface area contributed by atoms with Gasteiger partial charge in [0.25, 0.3) is 0 Å². The lowest BCUT2D eigenvalue weighted by Crippen LogP contribution is -2.37. The Morgan fingerprint density at radius 1 is 1.52 bits per heavy atom. The smallest absolute Gasteiger partial charge is 0.224 e. The van der Waals surface area contributed by atoms with Crippen LogP contribution in [0.15, 0.2) is 6.33 Å². The zero-order valence-electron chi connectivity index (χ0n) is 11.6. The molecule has 9 nitrogen and oxygen atoms in total. The number of nitrogens with zero attached hydrogens (tertiary/aromatic N) is 4. The largest absolute Gasteiger partial charge is 0.394 e. The zero-order valence-corrected chi connectivity index (χ0v) is 11.6. The molecule has 0 aromatic carbocycles. The van der Waals surface area contributed by atoms with Crippen LogP contribution in [0.3, 0.4) is 0 Å². The molecule has 2 aromatic heterocycles. The molecule has 116 valence electrons. The van der Waals surface area contributed by atoms with Crippen molar-refractivity contribution in [2.75, 3.05) is 31.8 Å². The molecule has 0 aliphatic heterocycles. The predicted molar refractivity (Wildman–Crippen MR) is 73.3 cm³/mol. The molecule has 0 saturated carbocycles. The fourth-order valence-corrected chi connectivity index (χ4v) is 1.95. The summed E-state index contributed by atoms with van der Waals surface area (Å²) in [5.74, 6) is 0.295. The number of halogens is 1. The highest BCUT2D eigenvalue weighted by Crippen LogP contribution is 2.25. The number of nitrogens with one attached hydrogen (secondary N) is 1. The molecule has 0 unspecified atom stereocenters. The van der Waals surface area contributed by atoms with Crippen molar-refractivity contribution in [3.8, 4) is 0 Å². The van der Waals surface area contributed by atoms with Crippen LogP contribution in [0.2, 0.25) is 0 Å². The number of alkyl halides is 1. The first kappa shape index (κ1) is 15.4. The average molecular weight is 300 g/mol. The molecule has 2 rings (SSSR count). The van der Waals surface area contributed by atoms with Crippen molar-refractivity contribution >= 4 is 22.9 Å². The number of nitrogens with two attached hydrogens (primary N) is 1. The van der Waals surface area contributed by atoms with Crippen molar-refractivity contribution in [3.63, 3.8) is 0 Å². The number of methoxy groups -OCH3 is 1. The lowest BCUT2D eigenvalue weighted by atomic mass is 10.2. The molecular formula is C11H17FN6O3. The number of aliphatic hydroxyl groups is 2. The Kier molecular flexibility index (Phi) is 4.50. The van der Waals surface area contributed by atoms with Gasteiger partial charge in [-0.15, -0.1) is 0 Å². The van der Waals surface area contributed by atoms with Gasteiger partial charge in [-0.1, -0.05) is 0 Å². The Morgan fingerprint density at radius 3 is 2.81 bits per heavy atom. The number of anilines is 2. The SMILES string of the molecule is CNc1nc(N)nc2c1ncn2[C@H](F)[C@H](O)[C@@H](CO)OC. The molecule has 0 aliphatic carbocycles. The quantitative estimate of drug-likeness (QED) is 0.550. The number of rotatable bonds is 6. The van der Waals surface area contributed by atoms with E-state index in [1.165, 1.54) is 13.4 Å². The Hall–Kier alpha value is -2.04. The fraction of sp³-hybridized carbons (Fsp3) is 0.545. The van der Waals surface area contributed by atoms with Crippen molar-refractivity contribution in [3.05, 3.63) is 6.33 Å². The van der Waals surface area contributed by atoms with Gasteiger partial charge >= 0.3 is 0 Å². The third kappa shape index (κ3) is 2.73. The van der Waals surface area contributed by atoms with Crippen molar-refractivity contribution in [2.24, 2.45) is 0 Å². The third-order valence-electron chi connectivity index (χ3n) is 3.09. The Morgan fingerprint density at radius 2 is 2.24 bits per heavy atom. The van der Waals surface area contributed by atoms with Crippen LogP contribution in [0.5, 0.6) is 0 Å². The molecule has 2 heterocycles. The van der Waals surface area contributed by atoms with E-state index in [1.807, 2.05) is 0 Å². The van der Waals surface area contributed by atoms with E-state index in [0.717, 1.165) is 4.57 Å². The van der Waals surface area contributed by atoms with E-state index in [9.17, 15) is 9.50 Å². The van der Waals surface area contributed by atoms with Gasteiger partial charge in [-0.3, -0.25) is 4.57 Å². The summed E-state index contributed by atoms with van der Waals surface area (Å²) in [7, 11) is 2.89. The fourth-order valence-electron chi connectivity index (χ4n) is 1.95. The Labute approximate surface area is 119 Å². The van der Waals surface area contributed by atoms with E-state index >= 15 is 0 Å². The number of nitrogen functional groups attached to an aromatic ring is 1. The molecule has 0 radical (unpaired) electrons. The van der Waals surface area contributed by atoms with Crippen LogP contribution in [-0.2, 0) is 4.74 Å². The van der Waals surface area contributed by atoms with Crippen LogP contribution in [-0.4, -0.2) is 62.7 Å². The summed E-state index contributed by atoms with van der Waals surface area (Å²) in [5, 5.41) is 21.7.